The van der Waals surface area contributed by atoms with Gasteiger partial charge in [0, 0.05) is 0 Å². The lowest BCUT2D eigenvalue weighted by Gasteiger charge is -2.51. The number of hydrogen-bond donors (Lipinski definition) is 19. The third-order valence-corrected chi connectivity index (χ3v) is 12.0. The van der Waals surface area contributed by atoms with Gasteiger partial charge in [0.2, 0.25) is 0 Å². The number of hydrogen-bond acceptors (Lipinski definition) is 30. The van der Waals surface area contributed by atoms with Crippen molar-refractivity contribution in [3.05, 3.63) is 0 Å². The molecule has 6 aliphatic rings. The van der Waals surface area contributed by atoms with Crippen LogP contribution >= 0.6 is 0 Å². The highest BCUT2D eigenvalue weighted by Gasteiger charge is 2.58. The van der Waals surface area contributed by atoms with Crippen LogP contribution in [0.4, 0.5) is 0 Å². The highest BCUT2D eigenvalue weighted by molar-refractivity contribution is 5.00. The number of aliphatic hydroxyl groups excluding tert-OH is 19. The molecule has 19 N–H and O–H groups in total. The Labute approximate surface area is 366 Å². The second kappa shape index (κ2) is 22.7. The van der Waals surface area contributed by atoms with Crippen LogP contribution in [-0.4, -0.2) is 315 Å². The molecular weight excluding hydrogens is 900 g/mol. The number of rotatable bonds is 15. The molecule has 0 aromatic heterocycles. The number of aliphatic hydroxyl groups is 19. The standard InChI is InChI=1S/C35H60O30/c36-1-8-13(42)17(46)21(50)32(57-8)61-25-7(41)6-55-31(23(25)52)64-28-16(45)11(4-39)60-35(62-26-12(5-40)56-30(54)20(49)19(26)48)29(28)65-34-24(53)27(15(44)10(3-38)59-34)63-33-22(51)18(47)14(43)9(2-37)58-33/h7-54H,1-6H2/t7-,8-,9-,10-,11-,12-,13-,14-,15-,16-,17+,18+,19-,20-,21-,22-,23-,24-,25+,26+,27+,28+,29-,30-,31+,32+,33+,34+,35+/m1/s1. The molecule has 0 spiro atoms. The molecule has 0 aliphatic carbocycles. The van der Waals surface area contributed by atoms with E-state index in [0.29, 0.717) is 0 Å². The minimum absolute atomic E-state index is 0.737. The fourth-order valence-corrected chi connectivity index (χ4v) is 8.21. The molecule has 30 nitrogen and oxygen atoms in total. The van der Waals surface area contributed by atoms with Crippen molar-refractivity contribution in [2.75, 3.05) is 39.6 Å². The first-order valence-corrected chi connectivity index (χ1v) is 20.6. The van der Waals surface area contributed by atoms with E-state index in [0.717, 1.165) is 0 Å². The Kier molecular flexibility index (Phi) is 18.6. The maximum absolute atomic E-state index is 11.6. The van der Waals surface area contributed by atoms with Gasteiger partial charge in [-0.05, 0) is 0 Å². The largest absolute Gasteiger partial charge is 0.394 e. The second-order valence-corrected chi connectivity index (χ2v) is 16.3. The van der Waals surface area contributed by atoms with Gasteiger partial charge in [-0.25, -0.2) is 0 Å². The SMILES string of the molecule is OC[C@H]1O[C@@H](O[C@@H]2[C@@H](O)[C@H](O[C@H]3[C@H](O[C@@H]4[C@H](O)[C@@H](O)[C@H](O)O[C@@H]4CO)O[C@H](CO)[C@@H](O)[C@@H]3O[C@@H]3OC[C@@H](O)[C@H](O[C@@H]4O[C@H](CO)[C@@H](O)[C@H](O)[C@H]4O)[C@H]3O)O[C@H](CO)[C@H]2O)[C@H](O)[C@@H](O)[C@@H]1O. The minimum Gasteiger partial charge on any atom is -0.394 e. The summed E-state index contributed by atoms with van der Waals surface area (Å²) in [6.07, 6.45) is -56.4. The summed E-state index contributed by atoms with van der Waals surface area (Å²) in [5.41, 5.74) is 0. The zero-order valence-electron chi connectivity index (χ0n) is 34.0. The Morgan fingerprint density at radius 2 is 0.677 bits per heavy atom. The van der Waals surface area contributed by atoms with Crippen molar-refractivity contribution in [2.45, 2.75) is 178 Å². The van der Waals surface area contributed by atoms with E-state index in [4.69, 9.17) is 52.1 Å². The van der Waals surface area contributed by atoms with Crippen LogP contribution in [0.5, 0.6) is 0 Å². The molecule has 0 amide bonds. The minimum atomic E-state index is -2.26. The third kappa shape index (κ3) is 10.9. The lowest BCUT2D eigenvalue weighted by molar-refractivity contribution is -0.410. The van der Waals surface area contributed by atoms with Crippen LogP contribution < -0.4 is 0 Å². The summed E-state index contributed by atoms with van der Waals surface area (Å²) in [5.74, 6) is 0. The summed E-state index contributed by atoms with van der Waals surface area (Å²) in [6, 6.07) is 0. The summed E-state index contributed by atoms with van der Waals surface area (Å²) >= 11 is 0. The molecule has 0 unspecified atom stereocenters. The van der Waals surface area contributed by atoms with Crippen LogP contribution in [0.25, 0.3) is 0 Å². The van der Waals surface area contributed by atoms with Crippen LogP contribution in [0.2, 0.25) is 0 Å². The van der Waals surface area contributed by atoms with Crippen LogP contribution in [0.3, 0.4) is 0 Å². The monoisotopic (exact) mass is 960 g/mol. The summed E-state index contributed by atoms with van der Waals surface area (Å²) in [4.78, 5) is 0. The average Bonchev–Trinajstić information content (AvgIpc) is 3.29. The molecule has 6 saturated heterocycles. The Hall–Kier alpha value is -1.20. The molecule has 0 aromatic carbocycles. The van der Waals surface area contributed by atoms with Crippen LogP contribution in [0.15, 0.2) is 0 Å². The summed E-state index contributed by atoms with van der Waals surface area (Å²) in [5, 5.41) is 200. The van der Waals surface area contributed by atoms with Gasteiger partial charge < -0.3 is 149 Å². The maximum Gasteiger partial charge on any atom is 0.187 e. The van der Waals surface area contributed by atoms with E-state index >= 15 is 0 Å². The predicted molar refractivity (Wildman–Crippen MR) is 193 cm³/mol. The quantitative estimate of drug-likeness (QED) is 0.0724. The molecule has 380 valence electrons. The molecule has 6 fully saturated rings. The van der Waals surface area contributed by atoms with Crippen molar-refractivity contribution in [1.29, 1.82) is 0 Å². The first-order chi connectivity index (χ1) is 30.8. The van der Waals surface area contributed by atoms with Crippen molar-refractivity contribution in [3.63, 3.8) is 0 Å². The van der Waals surface area contributed by atoms with Gasteiger partial charge in [0.1, 0.15) is 140 Å². The van der Waals surface area contributed by atoms with E-state index in [1.165, 1.54) is 0 Å². The fraction of sp³-hybridized carbons (Fsp3) is 1.00. The molecule has 30 heteroatoms. The van der Waals surface area contributed by atoms with Gasteiger partial charge in [-0.15, -0.1) is 0 Å². The van der Waals surface area contributed by atoms with Gasteiger partial charge in [0.25, 0.3) is 0 Å². The lowest BCUT2D eigenvalue weighted by atomic mass is 9.95. The molecule has 0 bridgehead atoms. The smallest absolute Gasteiger partial charge is 0.187 e. The molecule has 65 heavy (non-hydrogen) atoms. The maximum atomic E-state index is 11.6. The van der Waals surface area contributed by atoms with E-state index < -0.39 is 218 Å². The fourth-order valence-electron chi connectivity index (χ4n) is 8.21. The van der Waals surface area contributed by atoms with Crippen LogP contribution in [0, 0.1) is 0 Å². The highest BCUT2D eigenvalue weighted by Crippen LogP contribution is 2.37. The van der Waals surface area contributed by atoms with Gasteiger partial charge in [-0.1, -0.05) is 0 Å². The molecular formula is C35H60O30. The topological polar surface area (TPSA) is 486 Å². The van der Waals surface area contributed by atoms with Crippen molar-refractivity contribution >= 4 is 0 Å². The molecule has 0 radical (unpaired) electrons. The van der Waals surface area contributed by atoms with E-state index in [2.05, 4.69) is 0 Å². The lowest BCUT2D eigenvalue weighted by Crippen LogP contribution is -2.69. The van der Waals surface area contributed by atoms with Gasteiger partial charge in [0.15, 0.2) is 37.7 Å². The van der Waals surface area contributed by atoms with E-state index in [-0.39, 0.29) is 0 Å². The Morgan fingerprint density at radius 1 is 0.292 bits per heavy atom. The van der Waals surface area contributed by atoms with E-state index in [1.807, 2.05) is 0 Å². The molecule has 6 rings (SSSR count). The zero-order chi connectivity index (χ0) is 47.8. The Morgan fingerprint density at radius 3 is 1.18 bits per heavy atom. The normalized spacial score (nSPS) is 53.5. The van der Waals surface area contributed by atoms with Crippen molar-refractivity contribution in [2.24, 2.45) is 0 Å². The van der Waals surface area contributed by atoms with Crippen molar-refractivity contribution < 1.29 is 149 Å². The van der Waals surface area contributed by atoms with Gasteiger partial charge >= 0.3 is 0 Å². The van der Waals surface area contributed by atoms with Crippen molar-refractivity contribution in [1.82, 2.24) is 0 Å². The first-order valence-electron chi connectivity index (χ1n) is 20.6. The van der Waals surface area contributed by atoms with Gasteiger partial charge in [-0.3, -0.25) is 0 Å². The second-order valence-electron chi connectivity index (χ2n) is 16.3. The van der Waals surface area contributed by atoms with Crippen LogP contribution in [-0.2, 0) is 52.1 Å². The molecule has 0 saturated carbocycles. The molecule has 6 heterocycles. The Bertz CT molecular complexity index is 1450. The van der Waals surface area contributed by atoms with Gasteiger partial charge in [-0.2, -0.15) is 0 Å². The van der Waals surface area contributed by atoms with E-state index in [9.17, 15) is 97.0 Å². The third-order valence-electron chi connectivity index (χ3n) is 12.0. The number of ether oxygens (including phenoxy) is 11. The van der Waals surface area contributed by atoms with E-state index in [1.54, 1.807) is 0 Å². The summed E-state index contributed by atoms with van der Waals surface area (Å²) in [7, 11) is 0. The molecule has 6 aliphatic heterocycles. The van der Waals surface area contributed by atoms with Crippen molar-refractivity contribution in [3.8, 4) is 0 Å². The van der Waals surface area contributed by atoms with Gasteiger partial charge in [0.05, 0.1) is 39.6 Å². The average molecular weight is 961 g/mol. The van der Waals surface area contributed by atoms with Crippen LogP contribution in [0.1, 0.15) is 0 Å². The highest BCUT2D eigenvalue weighted by atomic mass is 16.8. The molecule has 0 aromatic rings. The Balaban J connectivity index is 1.32. The molecule has 29 atom stereocenters. The zero-order valence-corrected chi connectivity index (χ0v) is 34.0. The first kappa shape index (κ1) is 53.2. The summed E-state index contributed by atoms with van der Waals surface area (Å²) in [6.45, 7) is -5.57. The summed E-state index contributed by atoms with van der Waals surface area (Å²) < 4.78 is 62.0. The predicted octanol–water partition coefficient (Wildman–Crippen LogP) is -13.5.